The summed E-state index contributed by atoms with van der Waals surface area (Å²) in [6.45, 7) is 5.31. The summed E-state index contributed by atoms with van der Waals surface area (Å²) in [5.74, 6) is 0.626. The highest BCUT2D eigenvalue weighted by Crippen LogP contribution is 2.20. The van der Waals surface area contributed by atoms with Crippen molar-refractivity contribution in [2.45, 2.75) is 32.4 Å². The molecule has 0 spiro atoms. The van der Waals surface area contributed by atoms with Gasteiger partial charge in [0.1, 0.15) is 5.15 Å². The Balaban J connectivity index is 1.94. The molecule has 1 aromatic rings. The minimum atomic E-state index is 0.291. The zero-order valence-electron chi connectivity index (χ0n) is 10.3. The van der Waals surface area contributed by atoms with Gasteiger partial charge >= 0.3 is 0 Å². The first-order valence-corrected chi connectivity index (χ1v) is 6.61. The molecule has 0 bridgehead atoms. The van der Waals surface area contributed by atoms with Gasteiger partial charge < -0.3 is 5.73 Å². The lowest BCUT2D eigenvalue weighted by atomic mass is 9.92. The quantitative estimate of drug-likeness (QED) is 0.841. The van der Waals surface area contributed by atoms with Gasteiger partial charge in [-0.25, -0.2) is 4.98 Å². The zero-order chi connectivity index (χ0) is 12.3. The van der Waals surface area contributed by atoms with Crippen LogP contribution >= 0.6 is 11.6 Å². The third-order valence-corrected chi connectivity index (χ3v) is 3.69. The van der Waals surface area contributed by atoms with E-state index in [0.29, 0.717) is 17.1 Å². The average Bonchev–Trinajstić information content (AvgIpc) is 2.29. The maximum atomic E-state index is 5.99. The molecular weight excluding hydrogens is 234 g/mol. The second kappa shape index (κ2) is 5.80. The van der Waals surface area contributed by atoms with Crippen LogP contribution in [0.3, 0.4) is 0 Å². The average molecular weight is 254 g/mol. The predicted octanol–water partition coefficient (Wildman–Crippen LogP) is 2.29. The van der Waals surface area contributed by atoms with Crippen LogP contribution in [0.2, 0.25) is 5.15 Å². The van der Waals surface area contributed by atoms with Gasteiger partial charge in [-0.15, -0.1) is 0 Å². The molecular formula is C13H20ClN3. The van der Waals surface area contributed by atoms with Crippen LogP contribution < -0.4 is 5.73 Å². The van der Waals surface area contributed by atoms with Crippen molar-refractivity contribution in [1.29, 1.82) is 0 Å². The van der Waals surface area contributed by atoms with Crippen molar-refractivity contribution in [3.05, 3.63) is 29.0 Å². The fourth-order valence-electron chi connectivity index (χ4n) is 2.46. The SMILES string of the molecule is CC(N)C1CCCN(Cc2ccnc(Cl)c2)C1. The molecule has 2 atom stereocenters. The molecule has 2 unspecified atom stereocenters. The van der Waals surface area contributed by atoms with E-state index in [-0.39, 0.29) is 0 Å². The second-order valence-electron chi connectivity index (χ2n) is 4.98. The zero-order valence-corrected chi connectivity index (χ0v) is 11.0. The van der Waals surface area contributed by atoms with Crippen LogP contribution in [-0.4, -0.2) is 29.0 Å². The monoisotopic (exact) mass is 253 g/mol. The summed E-state index contributed by atoms with van der Waals surface area (Å²) in [4.78, 5) is 6.46. The third-order valence-electron chi connectivity index (χ3n) is 3.48. The Hall–Kier alpha value is -0.640. The molecule has 1 saturated heterocycles. The number of rotatable bonds is 3. The topological polar surface area (TPSA) is 42.1 Å². The van der Waals surface area contributed by atoms with Crippen LogP contribution in [0.5, 0.6) is 0 Å². The largest absolute Gasteiger partial charge is 0.328 e. The van der Waals surface area contributed by atoms with Crippen LogP contribution in [0, 0.1) is 5.92 Å². The Morgan fingerprint density at radius 2 is 2.47 bits per heavy atom. The summed E-state index contributed by atoms with van der Waals surface area (Å²) in [5, 5.41) is 0.572. The van der Waals surface area contributed by atoms with Crippen LogP contribution in [0.25, 0.3) is 0 Å². The predicted molar refractivity (Wildman–Crippen MR) is 70.9 cm³/mol. The van der Waals surface area contributed by atoms with Crippen LogP contribution in [-0.2, 0) is 6.54 Å². The number of nitrogens with zero attached hydrogens (tertiary/aromatic N) is 2. The number of hydrogen-bond acceptors (Lipinski definition) is 3. The first kappa shape index (κ1) is 12.8. The summed E-state index contributed by atoms with van der Waals surface area (Å²) in [7, 11) is 0. The van der Waals surface area contributed by atoms with E-state index < -0.39 is 0 Å². The number of likely N-dealkylation sites (tertiary alicyclic amines) is 1. The summed E-state index contributed by atoms with van der Waals surface area (Å²) in [5.41, 5.74) is 7.22. The van der Waals surface area contributed by atoms with E-state index in [4.69, 9.17) is 17.3 Å². The lowest BCUT2D eigenvalue weighted by molar-refractivity contribution is 0.154. The molecule has 0 saturated carbocycles. The van der Waals surface area contributed by atoms with Crippen molar-refractivity contribution < 1.29 is 0 Å². The number of piperidine rings is 1. The van der Waals surface area contributed by atoms with Gasteiger partial charge in [0.05, 0.1) is 0 Å². The van der Waals surface area contributed by atoms with Crippen molar-refractivity contribution in [3.8, 4) is 0 Å². The standard InChI is InChI=1S/C13H20ClN3/c1-10(15)12-3-2-6-17(9-12)8-11-4-5-16-13(14)7-11/h4-5,7,10,12H,2-3,6,8-9,15H2,1H3. The van der Waals surface area contributed by atoms with Gasteiger partial charge in [-0.05, 0) is 49.9 Å². The van der Waals surface area contributed by atoms with Crippen LogP contribution in [0.15, 0.2) is 18.3 Å². The molecule has 0 amide bonds. The highest BCUT2D eigenvalue weighted by Gasteiger charge is 2.22. The van der Waals surface area contributed by atoms with Gasteiger partial charge in [0.15, 0.2) is 0 Å². The number of halogens is 1. The van der Waals surface area contributed by atoms with Crippen molar-refractivity contribution in [2.24, 2.45) is 11.7 Å². The van der Waals surface area contributed by atoms with E-state index in [9.17, 15) is 0 Å². The minimum Gasteiger partial charge on any atom is -0.328 e. The minimum absolute atomic E-state index is 0.291. The van der Waals surface area contributed by atoms with E-state index in [1.807, 2.05) is 12.1 Å². The van der Waals surface area contributed by atoms with Crippen molar-refractivity contribution in [1.82, 2.24) is 9.88 Å². The molecule has 0 radical (unpaired) electrons. The van der Waals surface area contributed by atoms with Gasteiger partial charge in [0.25, 0.3) is 0 Å². The Morgan fingerprint density at radius 1 is 1.65 bits per heavy atom. The highest BCUT2D eigenvalue weighted by molar-refractivity contribution is 6.29. The number of hydrogen-bond donors (Lipinski definition) is 1. The molecule has 3 nitrogen and oxygen atoms in total. The van der Waals surface area contributed by atoms with E-state index in [2.05, 4.69) is 16.8 Å². The summed E-state index contributed by atoms with van der Waals surface area (Å²) >= 11 is 5.89. The Bertz CT molecular complexity index is 367. The molecule has 94 valence electrons. The molecule has 2 heterocycles. The van der Waals surface area contributed by atoms with Gasteiger partial charge in [0.2, 0.25) is 0 Å². The summed E-state index contributed by atoms with van der Waals surface area (Å²) in [6, 6.07) is 4.26. The normalized spacial score (nSPS) is 23.6. The molecule has 17 heavy (non-hydrogen) atoms. The number of aromatic nitrogens is 1. The van der Waals surface area contributed by atoms with E-state index >= 15 is 0 Å². The van der Waals surface area contributed by atoms with Crippen molar-refractivity contribution >= 4 is 11.6 Å². The van der Waals surface area contributed by atoms with Gasteiger partial charge in [-0.2, -0.15) is 0 Å². The maximum absolute atomic E-state index is 5.99. The summed E-state index contributed by atoms with van der Waals surface area (Å²) < 4.78 is 0. The Morgan fingerprint density at radius 3 is 3.18 bits per heavy atom. The van der Waals surface area contributed by atoms with Crippen molar-refractivity contribution in [2.75, 3.05) is 13.1 Å². The molecule has 0 aromatic carbocycles. The smallest absolute Gasteiger partial charge is 0.129 e. The molecule has 4 heteroatoms. The van der Waals surface area contributed by atoms with Gasteiger partial charge in [0, 0.05) is 25.3 Å². The summed E-state index contributed by atoms with van der Waals surface area (Å²) in [6.07, 6.45) is 4.26. The molecule has 1 aromatic heterocycles. The number of pyridine rings is 1. The molecule has 1 aliphatic heterocycles. The molecule has 2 N–H and O–H groups in total. The van der Waals surface area contributed by atoms with Gasteiger partial charge in [-0.1, -0.05) is 11.6 Å². The second-order valence-corrected chi connectivity index (χ2v) is 5.37. The van der Waals surface area contributed by atoms with E-state index in [0.717, 1.165) is 19.6 Å². The third kappa shape index (κ3) is 3.66. The van der Waals surface area contributed by atoms with E-state index in [1.165, 1.54) is 18.4 Å². The Labute approximate surface area is 108 Å². The highest BCUT2D eigenvalue weighted by atomic mass is 35.5. The van der Waals surface area contributed by atoms with Gasteiger partial charge in [-0.3, -0.25) is 4.90 Å². The molecule has 1 fully saturated rings. The molecule has 1 aliphatic rings. The van der Waals surface area contributed by atoms with Crippen LogP contribution in [0.1, 0.15) is 25.3 Å². The maximum Gasteiger partial charge on any atom is 0.129 e. The van der Waals surface area contributed by atoms with Crippen LogP contribution in [0.4, 0.5) is 0 Å². The lowest BCUT2D eigenvalue weighted by Gasteiger charge is -2.34. The fourth-order valence-corrected chi connectivity index (χ4v) is 2.66. The fraction of sp³-hybridized carbons (Fsp3) is 0.615. The number of nitrogens with two attached hydrogens (primary N) is 1. The first-order chi connectivity index (χ1) is 8.15. The molecule has 2 rings (SSSR count). The Kier molecular flexibility index (Phi) is 4.37. The lowest BCUT2D eigenvalue weighted by Crippen LogP contribution is -2.41. The van der Waals surface area contributed by atoms with E-state index in [1.54, 1.807) is 6.20 Å². The molecule has 0 aliphatic carbocycles. The van der Waals surface area contributed by atoms with Crippen molar-refractivity contribution in [3.63, 3.8) is 0 Å². The first-order valence-electron chi connectivity index (χ1n) is 6.23.